The van der Waals surface area contributed by atoms with Gasteiger partial charge in [0.05, 0.1) is 24.3 Å². The normalized spacial score (nSPS) is 10.3. The molecule has 0 radical (unpaired) electrons. The molecule has 1 amide bonds. The average molecular weight is 329 g/mol. The van der Waals surface area contributed by atoms with Gasteiger partial charge in [-0.3, -0.25) is 19.9 Å². The Balaban J connectivity index is 2.29. The van der Waals surface area contributed by atoms with E-state index >= 15 is 0 Å². The molecule has 7 nitrogen and oxygen atoms in total. The largest absolute Gasteiger partial charge is 0.496 e. The van der Waals surface area contributed by atoms with Crippen molar-refractivity contribution in [3.05, 3.63) is 63.0 Å². The number of methoxy groups -OCH3 is 1. The first-order chi connectivity index (χ1) is 11.4. The molecule has 1 aromatic heterocycles. The van der Waals surface area contributed by atoms with Gasteiger partial charge >= 0.3 is 0 Å². The van der Waals surface area contributed by atoms with Gasteiger partial charge in [-0.15, -0.1) is 0 Å². The van der Waals surface area contributed by atoms with Crippen molar-refractivity contribution in [3.63, 3.8) is 0 Å². The van der Waals surface area contributed by atoms with Crippen LogP contribution in [0.4, 0.5) is 5.69 Å². The van der Waals surface area contributed by atoms with Crippen LogP contribution >= 0.6 is 0 Å². The smallest absolute Gasteiger partial charge is 0.282 e. The van der Waals surface area contributed by atoms with Crippen molar-refractivity contribution >= 4 is 11.6 Å². The summed E-state index contributed by atoms with van der Waals surface area (Å²) in [6, 6.07) is 5.91. The van der Waals surface area contributed by atoms with Crippen molar-refractivity contribution in [2.45, 2.75) is 20.4 Å². The summed E-state index contributed by atoms with van der Waals surface area (Å²) < 4.78 is 5.36. The molecule has 7 heteroatoms. The second-order valence-electron chi connectivity index (χ2n) is 5.48. The van der Waals surface area contributed by atoms with E-state index in [0.717, 1.165) is 16.9 Å². The summed E-state index contributed by atoms with van der Waals surface area (Å²) >= 11 is 0. The van der Waals surface area contributed by atoms with Gasteiger partial charge < -0.3 is 9.64 Å². The van der Waals surface area contributed by atoms with Gasteiger partial charge in [-0.1, -0.05) is 12.1 Å². The third-order valence-electron chi connectivity index (χ3n) is 3.81. The van der Waals surface area contributed by atoms with Crippen LogP contribution in [0, 0.1) is 24.0 Å². The summed E-state index contributed by atoms with van der Waals surface area (Å²) in [5, 5.41) is 11.1. The van der Waals surface area contributed by atoms with Crippen molar-refractivity contribution in [2.24, 2.45) is 0 Å². The molecule has 0 saturated heterocycles. The summed E-state index contributed by atoms with van der Waals surface area (Å²) in [4.78, 5) is 28.9. The monoisotopic (exact) mass is 329 g/mol. The predicted molar refractivity (Wildman–Crippen MR) is 89.2 cm³/mol. The lowest BCUT2D eigenvalue weighted by molar-refractivity contribution is -0.385. The third kappa shape index (κ3) is 3.34. The number of amides is 1. The lowest BCUT2D eigenvalue weighted by atomic mass is 10.1. The first-order valence-corrected chi connectivity index (χ1v) is 7.34. The number of carbonyl (C=O) groups excluding carboxylic acids is 1. The fraction of sp³-hybridized carbons (Fsp3) is 0.294. The average Bonchev–Trinajstić information content (AvgIpc) is 2.57. The quantitative estimate of drug-likeness (QED) is 0.622. The van der Waals surface area contributed by atoms with E-state index in [1.165, 1.54) is 23.1 Å². The predicted octanol–water partition coefficient (Wildman–Crippen LogP) is 2.89. The van der Waals surface area contributed by atoms with Crippen molar-refractivity contribution in [3.8, 4) is 5.75 Å². The Morgan fingerprint density at radius 2 is 2.00 bits per heavy atom. The van der Waals surface area contributed by atoms with Gasteiger partial charge in [0.1, 0.15) is 11.3 Å². The molecule has 0 aliphatic rings. The van der Waals surface area contributed by atoms with Gasteiger partial charge in [0.2, 0.25) is 0 Å². The molecule has 0 spiro atoms. The Kier molecular flexibility index (Phi) is 5.13. The van der Waals surface area contributed by atoms with Gasteiger partial charge in [-0.2, -0.15) is 0 Å². The molecule has 126 valence electrons. The number of aryl methyl sites for hydroxylation is 1. The molecule has 0 atom stereocenters. The number of para-hydroxylation sites is 1. The summed E-state index contributed by atoms with van der Waals surface area (Å²) in [5.74, 6) is 0.301. The minimum atomic E-state index is -0.556. The Bertz CT molecular complexity index is 789. The third-order valence-corrected chi connectivity index (χ3v) is 3.81. The maximum atomic E-state index is 12.6. The molecule has 0 N–H and O–H groups in total. The minimum Gasteiger partial charge on any atom is -0.496 e. The summed E-state index contributed by atoms with van der Waals surface area (Å²) in [7, 11) is 3.17. The first-order valence-electron chi connectivity index (χ1n) is 7.34. The maximum absolute atomic E-state index is 12.6. The lowest BCUT2D eigenvalue weighted by Gasteiger charge is -2.19. The number of rotatable bonds is 5. The molecule has 0 fully saturated rings. The van der Waals surface area contributed by atoms with Crippen LogP contribution in [0.2, 0.25) is 0 Å². The lowest BCUT2D eigenvalue weighted by Crippen LogP contribution is -2.27. The molecule has 1 aromatic carbocycles. The van der Waals surface area contributed by atoms with E-state index < -0.39 is 10.8 Å². The highest BCUT2D eigenvalue weighted by atomic mass is 16.6. The van der Waals surface area contributed by atoms with Crippen molar-refractivity contribution in [2.75, 3.05) is 14.2 Å². The van der Waals surface area contributed by atoms with Gasteiger partial charge in [0.15, 0.2) is 0 Å². The number of carbonyl (C=O) groups is 1. The molecule has 2 aromatic rings. The number of aromatic nitrogens is 1. The van der Waals surface area contributed by atoms with Crippen LogP contribution in [0.15, 0.2) is 30.5 Å². The standard InChI is InChI=1S/C17H19N3O4/c1-11-9-18-14(12(2)16(11)24-4)10-19(3)17(21)13-7-5-6-8-15(13)20(22)23/h5-9H,10H2,1-4H3. The first kappa shape index (κ1) is 17.4. The number of ether oxygens (including phenoxy) is 1. The molecule has 0 saturated carbocycles. The van der Waals surface area contributed by atoms with E-state index in [9.17, 15) is 14.9 Å². The van der Waals surface area contributed by atoms with Gasteiger partial charge in [0, 0.05) is 30.4 Å². The number of nitrogens with zero attached hydrogens (tertiary/aromatic N) is 3. The van der Waals surface area contributed by atoms with E-state index in [-0.39, 0.29) is 17.8 Å². The zero-order valence-corrected chi connectivity index (χ0v) is 14.1. The van der Waals surface area contributed by atoms with Crippen LogP contribution in [-0.2, 0) is 6.54 Å². The highest BCUT2D eigenvalue weighted by molar-refractivity contribution is 5.97. The van der Waals surface area contributed by atoms with E-state index in [4.69, 9.17) is 4.74 Å². The summed E-state index contributed by atoms with van der Waals surface area (Å²) in [5.41, 5.74) is 2.29. The van der Waals surface area contributed by atoms with Gasteiger partial charge in [0.25, 0.3) is 11.6 Å². The number of benzene rings is 1. The SMILES string of the molecule is COc1c(C)cnc(CN(C)C(=O)c2ccccc2[N+](=O)[O-])c1C. The Morgan fingerprint density at radius 1 is 1.33 bits per heavy atom. The second kappa shape index (κ2) is 7.08. The number of nitro benzene ring substituents is 1. The molecule has 2 rings (SSSR count). The van der Waals surface area contributed by atoms with Crippen molar-refractivity contribution < 1.29 is 14.5 Å². The minimum absolute atomic E-state index is 0.0572. The number of hydrogen-bond acceptors (Lipinski definition) is 5. The van der Waals surface area contributed by atoms with E-state index in [2.05, 4.69) is 4.98 Å². The van der Waals surface area contributed by atoms with Crippen LogP contribution in [0.5, 0.6) is 5.75 Å². The number of nitro groups is 1. The topological polar surface area (TPSA) is 85.6 Å². The van der Waals surface area contributed by atoms with Crippen molar-refractivity contribution in [1.82, 2.24) is 9.88 Å². The zero-order valence-electron chi connectivity index (χ0n) is 14.1. The zero-order chi connectivity index (χ0) is 17.9. The van der Waals surface area contributed by atoms with Gasteiger partial charge in [-0.25, -0.2) is 0 Å². The van der Waals surface area contributed by atoms with Crippen LogP contribution in [0.1, 0.15) is 27.2 Å². The van der Waals surface area contributed by atoms with Crippen molar-refractivity contribution in [1.29, 1.82) is 0 Å². The van der Waals surface area contributed by atoms with Crippen LogP contribution < -0.4 is 4.74 Å². The molecular weight excluding hydrogens is 310 g/mol. The molecule has 0 unspecified atom stereocenters. The Morgan fingerprint density at radius 3 is 2.62 bits per heavy atom. The summed E-state index contributed by atoms with van der Waals surface area (Å²) in [6.07, 6.45) is 1.68. The Labute approximate surface area is 140 Å². The van der Waals surface area contributed by atoms with E-state index in [1.54, 1.807) is 26.4 Å². The fourth-order valence-electron chi connectivity index (χ4n) is 2.55. The molecule has 0 aliphatic carbocycles. The highest BCUT2D eigenvalue weighted by Gasteiger charge is 2.23. The summed E-state index contributed by atoms with van der Waals surface area (Å²) in [6.45, 7) is 4.00. The maximum Gasteiger partial charge on any atom is 0.282 e. The van der Waals surface area contributed by atoms with E-state index in [1.807, 2.05) is 13.8 Å². The Hall–Kier alpha value is -2.96. The fourth-order valence-corrected chi connectivity index (χ4v) is 2.55. The van der Waals surface area contributed by atoms with Crippen LogP contribution in [0.3, 0.4) is 0 Å². The molecule has 0 aliphatic heterocycles. The van der Waals surface area contributed by atoms with Crippen LogP contribution in [0.25, 0.3) is 0 Å². The van der Waals surface area contributed by atoms with Crippen LogP contribution in [-0.4, -0.2) is 34.9 Å². The molecular formula is C17H19N3O4. The molecule has 0 bridgehead atoms. The number of hydrogen-bond donors (Lipinski definition) is 0. The molecule has 24 heavy (non-hydrogen) atoms. The molecule has 1 heterocycles. The second-order valence-corrected chi connectivity index (χ2v) is 5.48. The number of pyridine rings is 1. The van der Waals surface area contributed by atoms with Gasteiger partial charge in [-0.05, 0) is 19.9 Å². The highest BCUT2D eigenvalue weighted by Crippen LogP contribution is 2.25. The van der Waals surface area contributed by atoms with E-state index in [0.29, 0.717) is 5.69 Å².